The SMILES string of the molecule is CN(C)c1ccc(C2(O)c3ccc(N(C)C)cc3Oc3cc(N(C)C)ccc32)cc1. The summed E-state index contributed by atoms with van der Waals surface area (Å²) in [5, 5.41) is 12.2. The molecule has 30 heavy (non-hydrogen) atoms. The van der Waals surface area contributed by atoms with Crippen LogP contribution >= 0.6 is 0 Å². The lowest BCUT2D eigenvalue weighted by atomic mass is 9.78. The van der Waals surface area contributed by atoms with Gasteiger partial charge >= 0.3 is 0 Å². The van der Waals surface area contributed by atoms with Gasteiger partial charge in [-0.2, -0.15) is 0 Å². The van der Waals surface area contributed by atoms with Gasteiger partial charge in [-0.15, -0.1) is 0 Å². The molecule has 0 spiro atoms. The van der Waals surface area contributed by atoms with E-state index in [1.807, 2.05) is 118 Å². The monoisotopic (exact) mass is 403 g/mol. The Labute approximate surface area is 178 Å². The lowest BCUT2D eigenvalue weighted by Crippen LogP contribution is -2.32. The maximum atomic E-state index is 12.2. The summed E-state index contributed by atoms with van der Waals surface area (Å²) in [5.74, 6) is 1.34. The maximum Gasteiger partial charge on any atom is 0.147 e. The summed E-state index contributed by atoms with van der Waals surface area (Å²) in [6.45, 7) is 0. The molecule has 3 aromatic carbocycles. The van der Waals surface area contributed by atoms with Gasteiger partial charge < -0.3 is 24.5 Å². The predicted octanol–water partition coefficient (Wildman–Crippen LogP) is 4.27. The third kappa shape index (κ3) is 3.15. The second-order valence-corrected chi connectivity index (χ2v) is 8.40. The number of hydrogen-bond donors (Lipinski definition) is 1. The molecular weight excluding hydrogens is 374 g/mol. The van der Waals surface area contributed by atoms with Gasteiger partial charge in [0.25, 0.3) is 0 Å². The molecule has 0 radical (unpaired) electrons. The number of anilines is 3. The normalized spacial score (nSPS) is 13.7. The van der Waals surface area contributed by atoms with Crippen LogP contribution in [0.5, 0.6) is 11.5 Å². The minimum atomic E-state index is -1.30. The van der Waals surface area contributed by atoms with Gasteiger partial charge in [-0.1, -0.05) is 12.1 Å². The Hall–Kier alpha value is -3.18. The summed E-state index contributed by atoms with van der Waals surface area (Å²) in [6.07, 6.45) is 0. The number of benzene rings is 3. The van der Waals surface area contributed by atoms with Gasteiger partial charge in [-0.3, -0.25) is 0 Å². The van der Waals surface area contributed by atoms with Crippen molar-refractivity contribution in [3.05, 3.63) is 77.4 Å². The van der Waals surface area contributed by atoms with Gasteiger partial charge in [0, 0.05) is 82.6 Å². The van der Waals surface area contributed by atoms with Crippen LogP contribution in [0.25, 0.3) is 0 Å². The molecule has 0 amide bonds. The average Bonchev–Trinajstić information content (AvgIpc) is 2.73. The lowest BCUT2D eigenvalue weighted by Gasteiger charge is -2.37. The van der Waals surface area contributed by atoms with Crippen LogP contribution in [0.15, 0.2) is 60.7 Å². The highest BCUT2D eigenvalue weighted by molar-refractivity contribution is 5.68. The summed E-state index contributed by atoms with van der Waals surface area (Å²) < 4.78 is 6.32. The van der Waals surface area contributed by atoms with E-state index in [2.05, 4.69) is 0 Å². The summed E-state index contributed by atoms with van der Waals surface area (Å²) in [5.41, 5.74) is 4.13. The van der Waals surface area contributed by atoms with Crippen molar-refractivity contribution >= 4 is 17.1 Å². The second kappa shape index (κ2) is 7.26. The third-order valence-corrected chi connectivity index (χ3v) is 5.76. The van der Waals surface area contributed by atoms with Crippen molar-refractivity contribution in [2.45, 2.75) is 5.60 Å². The second-order valence-electron chi connectivity index (χ2n) is 8.40. The molecule has 1 aliphatic rings. The molecule has 1 heterocycles. The number of aliphatic hydroxyl groups is 1. The third-order valence-electron chi connectivity index (χ3n) is 5.76. The first-order valence-corrected chi connectivity index (χ1v) is 10.0. The Morgan fingerprint density at radius 3 is 1.40 bits per heavy atom. The first-order chi connectivity index (χ1) is 14.2. The standard InChI is InChI=1S/C25H29N3O2/c1-26(2)18-9-7-17(8-10-18)25(29)21-13-11-19(27(3)4)15-23(21)30-24-16-20(28(5)6)12-14-22(24)25/h7-16,29H,1-6H3. The zero-order valence-electron chi connectivity index (χ0n) is 18.5. The fourth-order valence-corrected chi connectivity index (χ4v) is 3.92. The first kappa shape index (κ1) is 20.1. The highest BCUT2D eigenvalue weighted by Crippen LogP contribution is 2.51. The molecular formula is C25H29N3O2. The van der Waals surface area contributed by atoms with E-state index in [0.29, 0.717) is 11.5 Å². The average molecular weight is 404 g/mol. The van der Waals surface area contributed by atoms with Crippen molar-refractivity contribution < 1.29 is 9.84 Å². The Kier molecular flexibility index (Phi) is 4.86. The Morgan fingerprint density at radius 2 is 1.00 bits per heavy atom. The fourth-order valence-electron chi connectivity index (χ4n) is 3.92. The quantitative estimate of drug-likeness (QED) is 0.704. The zero-order valence-corrected chi connectivity index (χ0v) is 18.5. The smallest absolute Gasteiger partial charge is 0.147 e. The number of ether oxygens (including phenoxy) is 1. The van der Waals surface area contributed by atoms with Crippen molar-refractivity contribution in [2.24, 2.45) is 0 Å². The minimum absolute atomic E-state index is 0.670. The Bertz CT molecular complexity index is 1010. The van der Waals surface area contributed by atoms with Crippen LogP contribution in [-0.4, -0.2) is 47.4 Å². The molecule has 4 rings (SSSR count). The van der Waals surface area contributed by atoms with Crippen LogP contribution in [0.2, 0.25) is 0 Å². The molecule has 0 unspecified atom stereocenters. The lowest BCUT2D eigenvalue weighted by molar-refractivity contribution is 0.113. The van der Waals surface area contributed by atoms with Gasteiger partial charge in [0.2, 0.25) is 0 Å². The molecule has 0 aromatic heterocycles. The van der Waals surface area contributed by atoms with Gasteiger partial charge in [0.15, 0.2) is 0 Å². The summed E-state index contributed by atoms with van der Waals surface area (Å²) in [7, 11) is 12.0. The molecule has 0 fully saturated rings. The van der Waals surface area contributed by atoms with Gasteiger partial charge in [-0.25, -0.2) is 0 Å². The molecule has 1 aliphatic heterocycles. The molecule has 0 bridgehead atoms. The van der Waals surface area contributed by atoms with Crippen LogP contribution in [0, 0.1) is 0 Å². The van der Waals surface area contributed by atoms with E-state index in [9.17, 15) is 5.11 Å². The number of hydrogen-bond acceptors (Lipinski definition) is 5. The molecule has 0 saturated carbocycles. The van der Waals surface area contributed by atoms with E-state index in [1.165, 1.54) is 0 Å². The Morgan fingerprint density at radius 1 is 0.600 bits per heavy atom. The molecule has 0 atom stereocenters. The van der Waals surface area contributed by atoms with E-state index in [0.717, 1.165) is 33.8 Å². The minimum Gasteiger partial charge on any atom is -0.456 e. The molecule has 5 heteroatoms. The molecule has 5 nitrogen and oxygen atoms in total. The molecule has 156 valence electrons. The van der Waals surface area contributed by atoms with Crippen molar-refractivity contribution in [3.63, 3.8) is 0 Å². The van der Waals surface area contributed by atoms with E-state index >= 15 is 0 Å². The summed E-state index contributed by atoms with van der Waals surface area (Å²) in [6, 6.07) is 20.0. The maximum absolute atomic E-state index is 12.2. The van der Waals surface area contributed by atoms with E-state index < -0.39 is 5.60 Å². The van der Waals surface area contributed by atoms with Gasteiger partial charge in [-0.05, 0) is 42.0 Å². The number of fused-ring (bicyclic) bond motifs is 2. The molecule has 1 N–H and O–H groups in total. The molecule has 0 saturated heterocycles. The van der Waals surface area contributed by atoms with Crippen LogP contribution < -0.4 is 19.4 Å². The van der Waals surface area contributed by atoms with E-state index in [1.54, 1.807) is 0 Å². The topological polar surface area (TPSA) is 39.2 Å². The van der Waals surface area contributed by atoms with Crippen LogP contribution in [0.4, 0.5) is 17.1 Å². The first-order valence-electron chi connectivity index (χ1n) is 10.0. The van der Waals surface area contributed by atoms with E-state index in [4.69, 9.17) is 4.74 Å². The van der Waals surface area contributed by atoms with Crippen molar-refractivity contribution in [2.75, 3.05) is 57.0 Å². The fraction of sp³-hybridized carbons (Fsp3) is 0.280. The molecule has 0 aliphatic carbocycles. The molecule has 3 aromatic rings. The van der Waals surface area contributed by atoms with Crippen molar-refractivity contribution in [1.29, 1.82) is 0 Å². The van der Waals surface area contributed by atoms with Gasteiger partial charge in [0.05, 0.1) is 0 Å². The number of rotatable bonds is 4. The van der Waals surface area contributed by atoms with Crippen LogP contribution in [0.1, 0.15) is 16.7 Å². The highest BCUT2D eigenvalue weighted by Gasteiger charge is 2.42. The number of nitrogens with zero attached hydrogens (tertiary/aromatic N) is 3. The highest BCUT2D eigenvalue weighted by atomic mass is 16.5. The Balaban J connectivity index is 1.95. The van der Waals surface area contributed by atoms with Crippen molar-refractivity contribution in [1.82, 2.24) is 0 Å². The van der Waals surface area contributed by atoms with E-state index in [-0.39, 0.29) is 0 Å². The largest absolute Gasteiger partial charge is 0.456 e. The van der Waals surface area contributed by atoms with Crippen LogP contribution in [0.3, 0.4) is 0 Å². The summed E-state index contributed by atoms with van der Waals surface area (Å²) >= 11 is 0. The van der Waals surface area contributed by atoms with Crippen molar-refractivity contribution in [3.8, 4) is 11.5 Å². The van der Waals surface area contributed by atoms with Crippen LogP contribution in [-0.2, 0) is 5.60 Å². The van der Waals surface area contributed by atoms with Gasteiger partial charge in [0.1, 0.15) is 17.1 Å². The zero-order chi connectivity index (χ0) is 21.6. The summed E-state index contributed by atoms with van der Waals surface area (Å²) in [4.78, 5) is 6.10. The predicted molar refractivity (Wildman–Crippen MR) is 124 cm³/mol.